The van der Waals surface area contributed by atoms with Gasteiger partial charge in [-0.25, -0.2) is 0 Å². The van der Waals surface area contributed by atoms with Gasteiger partial charge in [0.25, 0.3) is 0 Å². The Hall–Kier alpha value is -1.77. The molecule has 1 fully saturated rings. The quantitative estimate of drug-likeness (QED) is 0.367. The van der Waals surface area contributed by atoms with E-state index in [0.29, 0.717) is 19.6 Å². The van der Waals surface area contributed by atoms with Crippen LogP contribution < -0.4 is 26.6 Å². The van der Waals surface area contributed by atoms with Crippen molar-refractivity contribution in [1.82, 2.24) is 31.5 Å². The molecule has 150 valence electrons. The molecule has 0 saturated carbocycles. The van der Waals surface area contributed by atoms with E-state index in [0.717, 1.165) is 52.4 Å². The van der Waals surface area contributed by atoms with E-state index < -0.39 is 5.54 Å². The molecule has 9 nitrogen and oxygen atoms in total. The Balaban J connectivity index is 2.76. The third-order valence-electron chi connectivity index (χ3n) is 4.68. The summed E-state index contributed by atoms with van der Waals surface area (Å²) in [4.78, 5) is 1.98. The Morgan fingerprint density at radius 1 is 0.630 bits per heavy atom. The van der Waals surface area contributed by atoms with Crippen LogP contribution in [0.2, 0.25) is 0 Å². The summed E-state index contributed by atoms with van der Waals surface area (Å²) < 4.78 is 0. The van der Waals surface area contributed by atoms with Crippen molar-refractivity contribution in [3.05, 3.63) is 0 Å². The Kier molecular flexibility index (Phi) is 13.2. The number of hydrogen-bond donors (Lipinski definition) is 5. The summed E-state index contributed by atoms with van der Waals surface area (Å²) in [6.45, 7) is 9.01. The van der Waals surface area contributed by atoms with E-state index in [-0.39, 0.29) is 19.4 Å². The standard InChI is InChI=1S/C18H33N9/c19-3-1-18(2-4-20)17-26-13-12-24-9-8-22-6-7-23-10-11-25-14-16-27(18)15-5-21/h22-26H,1-2,6-17H2. The van der Waals surface area contributed by atoms with Gasteiger partial charge in [0.2, 0.25) is 0 Å². The first kappa shape index (κ1) is 23.3. The summed E-state index contributed by atoms with van der Waals surface area (Å²) in [5.74, 6) is 0. The van der Waals surface area contributed by atoms with Crippen molar-refractivity contribution in [2.75, 3.05) is 78.5 Å². The van der Waals surface area contributed by atoms with Crippen LogP contribution in [0.15, 0.2) is 0 Å². The fourth-order valence-electron chi connectivity index (χ4n) is 3.13. The van der Waals surface area contributed by atoms with E-state index in [1.165, 1.54) is 0 Å². The van der Waals surface area contributed by atoms with Crippen LogP contribution in [0.4, 0.5) is 0 Å². The highest BCUT2D eigenvalue weighted by Gasteiger charge is 2.36. The molecule has 0 aromatic rings. The molecule has 0 bridgehead atoms. The summed E-state index contributed by atoms with van der Waals surface area (Å²) >= 11 is 0. The van der Waals surface area contributed by atoms with Gasteiger partial charge in [0.15, 0.2) is 0 Å². The van der Waals surface area contributed by atoms with Gasteiger partial charge in [0, 0.05) is 72.0 Å². The lowest BCUT2D eigenvalue weighted by atomic mass is 9.89. The van der Waals surface area contributed by atoms with Crippen LogP contribution in [-0.2, 0) is 0 Å². The van der Waals surface area contributed by atoms with E-state index in [9.17, 15) is 15.8 Å². The topological polar surface area (TPSA) is 135 Å². The maximum Gasteiger partial charge on any atom is 0.0872 e. The molecule has 0 aromatic carbocycles. The van der Waals surface area contributed by atoms with E-state index in [2.05, 4.69) is 44.8 Å². The number of nitrogens with zero attached hydrogens (tertiary/aromatic N) is 4. The SMILES string of the molecule is N#CCN1CCNCCNCCNCCNCCNCC1(CC#N)CC#N. The lowest BCUT2D eigenvalue weighted by Gasteiger charge is -2.40. The molecule has 0 unspecified atom stereocenters. The smallest absolute Gasteiger partial charge is 0.0872 e. The second-order valence-electron chi connectivity index (χ2n) is 6.65. The second-order valence-corrected chi connectivity index (χ2v) is 6.65. The lowest BCUT2D eigenvalue weighted by Crippen LogP contribution is -2.57. The van der Waals surface area contributed by atoms with Crippen LogP contribution in [0.25, 0.3) is 0 Å². The third-order valence-corrected chi connectivity index (χ3v) is 4.68. The Labute approximate surface area is 163 Å². The van der Waals surface area contributed by atoms with Crippen LogP contribution in [0.1, 0.15) is 12.8 Å². The maximum absolute atomic E-state index is 9.35. The predicted octanol–water partition coefficient (Wildman–Crippen LogP) is -1.66. The zero-order chi connectivity index (χ0) is 19.6. The van der Waals surface area contributed by atoms with Crippen molar-refractivity contribution >= 4 is 0 Å². The first-order valence-electron chi connectivity index (χ1n) is 9.68. The van der Waals surface area contributed by atoms with Gasteiger partial charge in [-0.05, 0) is 0 Å². The van der Waals surface area contributed by atoms with Gasteiger partial charge in [-0.3, -0.25) is 4.90 Å². The van der Waals surface area contributed by atoms with E-state index in [4.69, 9.17) is 0 Å². The van der Waals surface area contributed by atoms with Gasteiger partial charge in [0.05, 0.1) is 43.1 Å². The number of hydrogen-bond acceptors (Lipinski definition) is 9. The molecular formula is C18H33N9. The highest BCUT2D eigenvalue weighted by atomic mass is 15.2. The minimum atomic E-state index is -0.647. The van der Waals surface area contributed by atoms with Gasteiger partial charge >= 0.3 is 0 Å². The van der Waals surface area contributed by atoms with Crippen molar-refractivity contribution < 1.29 is 0 Å². The summed E-state index contributed by atoms with van der Waals surface area (Å²) in [5, 5.41) is 44.8. The predicted molar refractivity (Wildman–Crippen MR) is 105 cm³/mol. The zero-order valence-electron chi connectivity index (χ0n) is 16.2. The first-order chi connectivity index (χ1) is 13.3. The van der Waals surface area contributed by atoms with Crippen LogP contribution in [0.5, 0.6) is 0 Å². The zero-order valence-corrected chi connectivity index (χ0v) is 16.2. The van der Waals surface area contributed by atoms with E-state index in [1.54, 1.807) is 0 Å². The normalized spacial score (nSPS) is 21.7. The highest BCUT2D eigenvalue weighted by Crippen LogP contribution is 2.23. The molecule has 0 atom stereocenters. The van der Waals surface area contributed by atoms with Gasteiger partial charge in [-0.1, -0.05) is 0 Å². The number of nitrogens with one attached hydrogen (secondary N) is 5. The minimum Gasteiger partial charge on any atom is -0.314 e. The largest absolute Gasteiger partial charge is 0.314 e. The van der Waals surface area contributed by atoms with Crippen molar-refractivity contribution in [2.45, 2.75) is 18.4 Å². The molecule has 1 heterocycles. The molecule has 0 aromatic heterocycles. The fraction of sp³-hybridized carbons (Fsp3) is 0.833. The average molecular weight is 376 g/mol. The van der Waals surface area contributed by atoms with E-state index in [1.807, 2.05) is 4.90 Å². The molecule has 0 radical (unpaired) electrons. The molecule has 0 amide bonds. The molecule has 1 saturated heterocycles. The monoisotopic (exact) mass is 375 g/mol. The van der Waals surface area contributed by atoms with Crippen LogP contribution in [-0.4, -0.2) is 89.0 Å². The van der Waals surface area contributed by atoms with Crippen molar-refractivity contribution in [2.24, 2.45) is 0 Å². The average Bonchev–Trinajstić information content (AvgIpc) is 2.66. The number of rotatable bonds is 3. The minimum absolute atomic E-state index is 0.203. The molecule has 1 rings (SSSR count). The van der Waals surface area contributed by atoms with Crippen molar-refractivity contribution in [3.8, 4) is 18.2 Å². The molecule has 27 heavy (non-hydrogen) atoms. The van der Waals surface area contributed by atoms with Crippen LogP contribution in [0.3, 0.4) is 0 Å². The maximum atomic E-state index is 9.35. The molecule has 5 N–H and O–H groups in total. The van der Waals surface area contributed by atoms with Gasteiger partial charge in [-0.2, -0.15) is 15.8 Å². The van der Waals surface area contributed by atoms with E-state index >= 15 is 0 Å². The number of nitriles is 3. The van der Waals surface area contributed by atoms with Gasteiger partial charge < -0.3 is 26.6 Å². The van der Waals surface area contributed by atoms with Crippen LogP contribution >= 0.6 is 0 Å². The summed E-state index contributed by atoms with van der Waals surface area (Å²) in [5.41, 5.74) is -0.647. The Bertz CT molecular complexity index is 486. The molecular weight excluding hydrogens is 342 g/mol. The molecule has 1 aliphatic heterocycles. The van der Waals surface area contributed by atoms with Crippen molar-refractivity contribution in [3.63, 3.8) is 0 Å². The molecule has 0 aliphatic carbocycles. The summed E-state index contributed by atoms with van der Waals surface area (Å²) in [7, 11) is 0. The molecule has 9 heteroatoms. The lowest BCUT2D eigenvalue weighted by molar-refractivity contribution is 0.108. The third kappa shape index (κ3) is 9.65. The Morgan fingerprint density at radius 3 is 1.52 bits per heavy atom. The second kappa shape index (κ2) is 15.3. The summed E-state index contributed by atoms with van der Waals surface area (Å²) in [6.07, 6.45) is 0.433. The first-order valence-corrected chi connectivity index (χ1v) is 9.68. The molecule has 1 aliphatic rings. The molecule has 0 spiro atoms. The van der Waals surface area contributed by atoms with Crippen LogP contribution in [0, 0.1) is 34.0 Å². The van der Waals surface area contributed by atoms with Gasteiger partial charge in [-0.15, -0.1) is 0 Å². The fourth-order valence-corrected chi connectivity index (χ4v) is 3.13. The highest BCUT2D eigenvalue weighted by molar-refractivity contribution is 5.06. The van der Waals surface area contributed by atoms with Gasteiger partial charge in [0.1, 0.15) is 0 Å². The Morgan fingerprint density at radius 2 is 1.07 bits per heavy atom. The summed E-state index contributed by atoms with van der Waals surface area (Å²) in [6, 6.07) is 6.64. The van der Waals surface area contributed by atoms with Crippen molar-refractivity contribution in [1.29, 1.82) is 15.8 Å².